The molecule has 0 atom stereocenters. The summed E-state index contributed by atoms with van der Waals surface area (Å²) in [6.45, 7) is 0.406. The van der Waals surface area contributed by atoms with Crippen molar-refractivity contribution < 1.29 is 19.0 Å². The molecule has 2 aromatic carbocycles. The van der Waals surface area contributed by atoms with Crippen molar-refractivity contribution in [2.75, 3.05) is 6.79 Å². The molecular weight excluding hydrogens is 304 g/mol. The molecular formula is C17H13ClO4. The zero-order valence-electron chi connectivity index (χ0n) is 11.6. The molecule has 1 aliphatic heterocycles. The Kier molecular flexibility index (Phi) is 4.30. The quantitative estimate of drug-likeness (QED) is 0.635. The van der Waals surface area contributed by atoms with Crippen molar-refractivity contribution in [3.63, 3.8) is 0 Å². The van der Waals surface area contributed by atoms with Crippen LogP contribution in [0.5, 0.6) is 11.5 Å². The van der Waals surface area contributed by atoms with Gasteiger partial charge in [0, 0.05) is 11.1 Å². The van der Waals surface area contributed by atoms with Crippen molar-refractivity contribution in [2.45, 2.75) is 6.61 Å². The maximum atomic E-state index is 11.7. The molecule has 112 valence electrons. The smallest absolute Gasteiger partial charge is 0.331 e. The van der Waals surface area contributed by atoms with Gasteiger partial charge in [0.25, 0.3) is 0 Å². The molecule has 0 bridgehead atoms. The standard InChI is InChI=1S/C17H13ClO4/c18-14-5-1-12(2-6-14)4-8-17(19)20-10-13-3-7-15-16(9-13)22-11-21-15/h1-9H,10-11H2/b8-4+. The van der Waals surface area contributed by atoms with E-state index in [-0.39, 0.29) is 13.4 Å². The summed E-state index contributed by atoms with van der Waals surface area (Å²) >= 11 is 5.80. The van der Waals surface area contributed by atoms with Crippen LogP contribution in [0, 0.1) is 0 Å². The third-order valence-electron chi connectivity index (χ3n) is 3.10. The third-order valence-corrected chi connectivity index (χ3v) is 3.35. The van der Waals surface area contributed by atoms with Gasteiger partial charge in [0.05, 0.1) is 0 Å². The first-order valence-corrected chi connectivity index (χ1v) is 7.07. The number of carbonyl (C=O) groups is 1. The average molecular weight is 317 g/mol. The average Bonchev–Trinajstić information content (AvgIpc) is 3.00. The molecule has 0 aliphatic carbocycles. The summed E-state index contributed by atoms with van der Waals surface area (Å²) in [5, 5.41) is 0.655. The van der Waals surface area contributed by atoms with Gasteiger partial charge in [-0.05, 0) is 41.5 Å². The Labute approximate surface area is 132 Å². The highest BCUT2D eigenvalue weighted by Gasteiger charge is 2.13. The maximum absolute atomic E-state index is 11.7. The number of carbonyl (C=O) groups excluding carboxylic acids is 1. The van der Waals surface area contributed by atoms with Crippen LogP contribution in [0.4, 0.5) is 0 Å². The maximum Gasteiger partial charge on any atom is 0.331 e. The van der Waals surface area contributed by atoms with E-state index >= 15 is 0 Å². The monoisotopic (exact) mass is 316 g/mol. The lowest BCUT2D eigenvalue weighted by Crippen LogP contribution is -2.00. The summed E-state index contributed by atoms with van der Waals surface area (Å²) in [5.41, 5.74) is 1.72. The van der Waals surface area contributed by atoms with Gasteiger partial charge in [0.15, 0.2) is 11.5 Å². The number of hydrogen-bond acceptors (Lipinski definition) is 4. The van der Waals surface area contributed by atoms with Crippen LogP contribution in [0.3, 0.4) is 0 Å². The highest BCUT2D eigenvalue weighted by molar-refractivity contribution is 6.30. The number of hydrogen-bond donors (Lipinski definition) is 0. The molecule has 0 N–H and O–H groups in total. The molecule has 0 unspecified atom stereocenters. The number of esters is 1. The van der Waals surface area contributed by atoms with E-state index in [4.69, 9.17) is 25.8 Å². The highest BCUT2D eigenvalue weighted by atomic mass is 35.5. The molecule has 22 heavy (non-hydrogen) atoms. The molecule has 0 amide bonds. The van der Waals surface area contributed by atoms with E-state index in [1.165, 1.54) is 6.08 Å². The molecule has 2 aromatic rings. The Morgan fingerprint density at radius 3 is 2.73 bits per heavy atom. The van der Waals surface area contributed by atoms with Crippen molar-refractivity contribution in [2.24, 2.45) is 0 Å². The van der Waals surface area contributed by atoms with Gasteiger partial charge in [-0.2, -0.15) is 0 Å². The number of benzene rings is 2. The van der Waals surface area contributed by atoms with Crippen LogP contribution >= 0.6 is 11.6 Å². The largest absolute Gasteiger partial charge is 0.458 e. The predicted octanol–water partition coefficient (Wildman–Crippen LogP) is 3.83. The van der Waals surface area contributed by atoms with E-state index in [2.05, 4.69) is 0 Å². The molecule has 0 spiro atoms. The van der Waals surface area contributed by atoms with Crippen LogP contribution in [0.2, 0.25) is 5.02 Å². The first-order chi connectivity index (χ1) is 10.7. The van der Waals surface area contributed by atoms with Crippen LogP contribution in [-0.4, -0.2) is 12.8 Å². The number of rotatable bonds is 4. The SMILES string of the molecule is O=C(/C=C/c1ccc(Cl)cc1)OCc1ccc2c(c1)OCO2. The molecule has 0 radical (unpaired) electrons. The Morgan fingerprint density at radius 2 is 1.91 bits per heavy atom. The summed E-state index contributed by atoms with van der Waals surface area (Å²) in [6, 6.07) is 12.6. The minimum atomic E-state index is -0.410. The van der Waals surface area contributed by atoms with E-state index in [1.807, 2.05) is 18.2 Å². The van der Waals surface area contributed by atoms with Crippen molar-refractivity contribution in [3.05, 3.63) is 64.7 Å². The van der Waals surface area contributed by atoms with E-state index in [1.54, 1.807) is 30.3 Å². The highest BCUT2D eigenvalue weighted by Crippen LogP contribution is 2.32. The summed E-state index contributed by atoms with van der Waals surface area (Å²) in [4.78, 5) is 11.7. The molecule has 0 saturated carbocycles. The second kappa shape index (κ2) is 6.54. The lowest BCUT2D eigenvalue weighted by molar-refractivity contribution is -0.138. The fraction of sp³-hybridized carbons (Fsp3) is 0.118. The summed E-state index contributed by atoms with van der Waals surface area (Å²) in [7, 11) is 0. The molecule has 0 fully saturated rings. The van der Waals surface area contributed by atoms with Gasteiger partial charge in [-0.3, -0.25) is 0 Å². The van der Waals surface area contributed by atoms with Crippen LogP contribution in [0.25, 0.3) is 6.08 Å². The van der Waals surface area contributed by atoms with Crippen LogP contribution < -0.4 is 9.47 Å². The molecule has 1 heterocycles. The molecule has 0 aromatic heterocycles. The Balaban J connectivity index is 1.55. The normalized spacial score (nSPS) is 12.6. The summed E-state index contributed by atoms with van der Waals surface area (Å²) < 4.78 is 15.7. The second-order valence-corrected chi connectivity index (χ2v) is 5.12. The topological polar surface area (TPSA) is 44.8 Å². The molecule has 4 nitrogen and oxygen atoms in total. The van der Waals surface area contributed by atoms with Gasteiger partial charge in [-0.1, -0.05) is 29.8 Å². The third kappa shape index (κ3) is 3.59. The molecule has 3 rings (SSSR count). The Bertz CT molecular complexity index is 707. The van der Waals surface area contributed by atoms with Crippen molar-refractivity contribution in [3.8, 4) is 11.5 Å². The van der Waals surface area contributed by atoms with Gasteiger partial charge in [-0.15, -0.1) is 0 Å². The number of halogens is 1. The Hall–Kier alpha value is -2.46. The van der Waals surface area contributed by atoms with Crippen molar-refractivity contribution in [1.29, 1.82) is 0 Å². The van der Waals surface area contributed by atoms with Gasteiger partial charge < -0.3 is 14.2 Å². The lowest BCUT2D eigenvalue weighted by atomic mass is 10.2. The second-order valence-electron chi connectivity index (χ2n) is 4.68. The zero-order chi connectivity index (χ0) is 15.4. The van der Waals surface area contributed by atoms with Gasteiger partial charge in [-0.25, -0.2) is 4.79 Å². The van der Waals surface area contributed by atoms with Gasteiger partial charge in [0.1, 0.15) is 6.61 Å². The Morgan fingerprint density at radius 1 is 1.14 bits per heavy atom. The minimum Gasteiger partial charge on any atom is -0.458 e. The van der Waals surface area contributed by atoms with Gasteiger partial charge in [0.2, 0.25) is 6.79 Å². The van der Waals surface area contributed by atoms with Crippen LogP contribution in [0.15, 0.2) is 48.5 Å². The minimum absolute atomic E-state index is 0.181. The number of fused-ring (bicyclic) bond motifs is 1. The molecule has 1 aliphatic rings. The van der Waals surface area contributed by atoms with E-state index in [0.717, 1.165) is 11.1 Å². The molecule has 5 heteroatoms. The summed E-state index contributed by atoms with van der Waals surface area (Å²) in [6.07, 6.45) is 3.06. The first-order valence-electron chi connectivity index (χ1n) is 6.70. The van der Waals surface area contributed by atoms with E-state index in [0.29, 0.717) is 16.5 Å². The van der Waals surface area contributed by atoms with Crippen molar-refractivity contribution >= 4 is 23.6 Å². The number of ether oxygens (including phenoxy) is 3. The zero-order valence-corrected chi connectivity index (χ0v) is 12.4. The lowest BCUT2D eigenvalue weighted by Gasteiger charge is -2.03. The van der Waals surface area contributed by atoms with Crippen molar-refractivity contribution in [1.82, 2.24) is 0 Å². The summed E-state index contributed by atoms with van der Waals surface area (Å²) in [5.74, 6) is 0.968. The van der Waals surface area contributed by atoms with Crippen LogP contribution in [-0.2, 0) is 16.1 Å². The first kappa shape index (κ1) is 14.5. The molecule has 0 saturated heterocycles. The van der Waals surface area contributed by atoms with E-state index < -0.39 is 5.97 Å². The van der Waals surface area contributed by atoms with E-state index in [9.17, 15) is 4.79 Å². The predicted molar refractivity (Wildman–Crippen MR) is 82.8 cm³/mol. The van der Waals surface area contributed by atoms with Gasteiger partial charge >= 0.3 is 5.97 Å². The fourth-order valence-corrected chi connectivity index (χ4v) is 2.10. The fourth-order valence-electron chi connectivity index (χ4n) is 1.97. The van der Waals surface area contributed by atoms with Crippen LogP contribution in [0.1, 0.15) is 11.1 Å².